The Balaban J connectivity index is 2.27. The summed E-state index contributed by atoms with van der Waals surface area (Å²) in [6, 6.07) is 0. The zero-order valence-electron chi connectivity index (χ0n) is 9.64. The monoisotopic (exact) mass is 239 g/mol. The molecule has 1 N–H and O–H groups in total. The minimum atomic E-state index is -0.756. The Morgan fingerprint density at radius 2 is 2.44 bits per heavy atom. The van der Waals surface area contributed by atoms with E-state index in [2.05, 4.69) is 4.98 Å². The minimum Gasteiger partial charge on any atom is -0.386 e. The second kappa shape index (κ2) is 4.26. The van der Waals surface area contributed by atoms with E-state index in [9.17, 15) is 9.90 Å². The Hall–Kier alpha value is -0.740. The zero-order chi connectivity index (χ0) is 11.8. The number of aromatic nitrogens is 1. The normalized spacial score (nSPS) is 32.7. The summed E-state index contributed by atoms with van der Waals surface area (Å²) in [5, 5.41) is 12.1. The molecule has 1 unspecified atom stereocenters. The second-order valence-electron chi connectivity index (χ2n) is 4.89. The number of nitrogens with zero attached hydrogens (tertiary/aromatic N) is 1. The third kappa shape index (κ3) is 1.80. The molecule has 1 saturated carbocycles. The maximum Gasteiger partial charge on any atom is 0.144 e. The van der Waals surface area contributed by atoms with Crippen LogP contribution in [-0.2, 0) is 4.79 Å². The second-order valence-corrected chi connectivity index (χ2v) is 5.61. The summed E-state index contributed by atoms with van der Waals surface area (Å²) in [7, 11) is 0. The largest absolute Gasteiger partial charge is 0.386 e. The van der Waals surface area contributed by atoms with Crippen molar-refractivity contribution in [3.05, 3.63) is 16.6 Å². The van der Waals surface area contributed by atoms with Gasteiger partial charge in [0.15, 0.2) is 0 Å². The van der Waals surface area contributed by atoms with E-state index in [1.54, 1.807) is 5.51 Å². The SMILES string of the molecule is CC1CCC[C@@](C)([C@@H](O)c2cscn2)C1=O. The van der Waals surface area contributed by atoms with Crippen molar-refractivity contribution in [2.75, 3.05) is 0 Å². The molecule has 0 aromatic carbocycles. The van der Waals surface area contributed by atoms with Crippen LogP contribution in [0.2, 0.25) is 0 Å². The average molecular weight is 239 g/mol. The molecule has 1 aliphatic rings. The molecule has 1 fully saturated rings. The summed E-state index contributed by atoms with van der Waals surface area (Å²) < 4.78 is 0. The summed E-state index contributed by atoms with van der Waals surface area (Å²) >= 11 is 1.45. The van der Waals surface area contributed by atoms with Gasteiger partial charge in [-0.05, 0) is 19.8 Å². The number of carbonyl (C=O) groups excluding carboxylic acids is 1. The van der Waals surface area contributed by atoms with Crippen molar-refractivity contribution in [1.82, 2.24) is 4.98 Å². The van der Waals surface area contributed by atoms with E-state index in [0.29, 0.717) is 5.69 Å². The fraction of sp³-hybridized carbons (Fsp3) is 0.667. The van der Waals surface area contributed by atoms with Gasteiger partial charge in [-0.25, -0.2) is 4.98 Å². The molecule has 3 nitrogen and oxygen atoms in total. The Bertz CT molecular complexity index is 376. The maximum absolute atomic E-state index is 12.2. The topological polar surface area (TPSA) is 50.2 Å². The molecule has 0 bridgehead atoms. The Morgan fingerprint density at radius 3 is 3.06 bits per heavy atom. The van der Waals surface area contributed by atoms with E-state index < -0.39 is 11.5 Å². The van der Waals surface area contributed by atoms with Crippen molar-refractivity contribution in [1.29, 1.82) is 0 Å². The molecule has 1 aromatic heterocycles. The van der Waals surface area contributed by atoms with Crippen molar-refractivity contribution in [2.24, 2.45) is 11.3 Å². The van der Waals surface area contributed by atoms with Gasteiger partial charge in [0.2, 0.25) is 0 Å². The lowest BCUT2D eigenvalue weighted by atomic mass is 9.66. The molecule has 1 heterocycles. The first-order chi connectivity index (χ1) is 7.55. The fourth-order valence-corrected chi connectivity index (χ4v) is 3.12. The molecule has 0 amide bonds. The molecule has 16 heavy (non-hydrogen) atoms. The lowest BCUT2D eigenvalue weighted by Crippen LogP contribution is -2.41. The highest BCUT2D eigenvalue weighted by Gasteiger charge is 2.45. The van der Waals surface area contributed by atoms with Crippen LogP contribution in [0.3, 0.4) is 0 Å². The van der Waals surface area contributed by atoms with Crippen LogP contribution in [0.15, 0.2) is 10.9 Å². The number of aliphatic hydroxyl groups excluding tert-OH is 1. The van der Waals surface area contributed by atoms with Crippen LogP contribution >= 0.6 is 11.3 Å². The Morgan fingerprint density at radius 1 is 1.69 bits per heavy atom. The fourth-order valence-electron chi connectivity index (χ4n) is 2.55. The number of rotatable bonds is 2. The standard InChI is InChI=1S/C12H17NO2S/c1-8-4-3-5-12(2,10(8)14)11(15)9-6-16-7-13-9/h6-8,11,15H,3-5H2,1-2H3/t8?,11-,12+/m0/s1. The van der Waals surface area contributed by atoms with Crippen molar-refractivity contribution < 1.29 is 9.90 Å². The van der Waals surface area contributed by atoms with Crippen LogP contribution in [0, 0.1) is 11.3 Å². The molecule has 0 spiro atoms. The molecule has 0 radical (unpaired) electrons. The van der Waals surface area contributed by atoms with Gasteiger partial charge in [0.05, 0.1) is 16.6 Å². The average Bonchev–Trinajstić information content (AvgIpc) is 2.78. The summed E-state index contributed by atoms with van der Waals surface area (Å²) in [5.41, 5.74) is 1.68. The van der Waals surface area contributed by atoms with Crippen molar-refractivity contribution in [2.45, 2.75) is 39.2 Å². The van der Waals surface area contributed by atoms with Crippen LogP contribution in [0.25, 0.3) is 0 Å². The highest BCUT2D eigenvalue weighted by Crippen LogP contribution is 2.44. The number of ketones is 1. The van der Waals surface area contributed by atoms with Crippen LogP contribution in [-0.4, -0.2) is 15.9 Å². The van der Waals surface area contributed by atoms with Crippen molar-refractivity contribution in [3.63, 3.8) is 0 Å². The molecular weight excluding hydrogens is 222 g/mol. The first kappa shape index (κ1) is 11.7. The Labute approximate surface area is 99.5 Å². The molecule has 0 aliphatic heterocycles. The summed E-state index contributed by atoms with van der Waals surface area (Å²) in [6.07, 6.45) is 1.95. The maximum atomic E-state index is 12.2. The van der Waals surface area contributed by atoms with Gasteiger partial charge < -0.3 is 5.11 Å². The first-order valence-corrected chi connectivity index (χ1v) is 6.60. The van der Waals surface area contributed by atoms with Gasteiger partial charge in [-0.1, -0.05) is 13.3 Å². The Kier molecular flexibility index (Phi) is 3.13. The molecular formula is C12H17NO2S. The van der Waals surface area contributed by atoms with E-state index in [4.69, 9.17) is 0 Å². The van der Waals surface area contributed by atoms with Gasteiger partial charge in [-0.3, -0.25) is 4.79 Å². The van der Waals surface area contributed by atoms with Gasteiger partial charge in [-0.15, -0.1) is 11.3 Å². The first-order valence-electron chi connectivity index (χ1n) is 5.66. The van der Waals surface area contributed by atoms with E-state index in [-0.39, 0.29) is 11.7 Å². The van der Waals surface area contributed by atoms with Crippen LogP contribution < -0.4 is 0 Å². The van der Waals surface area contributed by atoms with E-state index in [1.807, 2.05) is 19.2 Å². The lowest BCUT2D eigenvalue weighted by Gasteiger charge is -2.38. The van der Waals surface area contributed by atoms with E-state index >= 15 is 0 Å². The van der Waals surface area contributed by atoms with Crippen LogP contribution in [0.4, 0.5) is 0 Å². The summed E-state index contributed by atoms with van der Waals surface area (Å²) in [6.45, 7) is 3.82. The van der Waals surface area contributed by atoms with Crippen LogP contribution in [0.1, 0.15) is 44.9 Å². The van der Waals surface area contributed by atoms with Gasteiger partial charge in [0.25, 0.3) is 0 Å². The predicted octanol–water partition coefficient (Wildman–Crippen LogP) is 2.57. The highest BCUT2D eigenvalue weighted by molar-refractivity contribution is 7.07. The number of carbonyl (C=O) groups is 1. The third-order valence-corrected chi connectivity index (χ3v) is 4.28. The lowest BCUT2D eigenvalue weighted by molar-refractivity contribution is -0.142. The smallest absolute Gasteiger partial charge is 0.144 e. The van der Waals surface area contributed by atoms with Gasteiger partial charge in [0, 0.05) is 11.3 Å². The molecule has 4 heteroatoms. The number of hydrogen-bond donors (Lipinski definition) is 1. The minimum absolute atomic E-state index is 0.0621. The molecule has 2 rings (SSSR count). The van der Waals surface area contributed by atoms with Gasteiger partial charge in [-0.2, -0.15) is 0 Å². The zero-order valence-corrected chi connectivity index (χ0v) is 10.5. The highest BCUT2D eigenvalue weighted by atomic mass is 32.1. The van der Waals surface area contributed by atoms with Crippen molar-refractivity contribution in [3.8, 4) is 0 Å². The predicted molar refractivity (Wildman–Crippen MR) is 63.2 cm³/mol. The molecule has 1 aliphatic carbocycles. The third-order valence-electron chi connectivity index (χ3n) is 3.68. The number of thiazole rings is 1. The molecule has 3 atom stereocenters. The number of hydrogen-bond acceptors (Lipinski definition) is 4. The van der Waals surface area contributed by atoms with Gasteiger partial charge in [0.1, 0.15) is 11.9 Å². The quantitative estimate of drug-likeness (QED) is 0.863. The van der Waals surface area contributed by atoms with E-state index in [1.165, 1.54) is 11.3 Å². The number of aliphatic hydroxyl groups is 1. The number of Topliss-reactive ketones (excluding diaryl/α,β-unsaturated/α-hetero) is 1. The summed E-state index contributed by atoms with van der Waals surface area (Å²) in [4.78, 5) is 16.3. The van der Waals surface area contributed by atoms with Gasteiger partial charge >= 0.3 is 0 Å². The van der Waals surface area contributed by atoms with E-state index in [0.717, 1.165) is 19.3 Å². The van der Waals surface area contributed by atoms with Crippen LogP contribution in [0.5, 0.6) is 0 Å². The molecule has 1 aromatic rings. The summed E-state index contributed by atoms with van der Waals surface area (Å²) in [5.74, 6) is 0.242. The van der Waals surface area contributed by atoms with Crippen molar-refractivity contribution >= 4 is 17.1 Å². The molecule has 0 saturated heterocycles. The molecule has 88 valence electrons.